The number of fused-ring (bicyclic) bond motifs is 1. The maximum atomic E-state index is 12.3. The molecule has 2 aliphatic rings. The van der Waals surface area contributed by atoms with Crippen LogP contribution in [-0.4, -0.2) is 97.1 Å². The summed E-state index contributed by atoms with van der Waals surface area (Å²) >= 11 is 0. The number of carbonyl (C=O) groups excluding carboxylic acids is 1. The normalized spacial score (nSPS) is 20.0. The highest BCUT2D eigenvalue weighted by Crippen LogP contribution is 2.35. The molecule has 0 unspecified atom stereocenters. The van der Waals surface area contributed by atoms with Crippen LogP contribution in [0.1, 0.15) is 36.0 Å². The maximum absolute atomic E-state index is 12.3. The Kier molecular flexibility index (Phi) is 14.3. The van der Waals surface area contributed by atoms with Crippen LogP contribution in [-0.2, 0) is 41.8 Å². The van der Waals surface area contributed by atoms with E-state index in [1.165, 1.54) is 0 Å². The van der Waals surface area contributed by atoms with Crippen LogP contribution >= 0.6 is 0 Å². The van der Waals surface area contributed by atoms with Crippen molar-refractivity contribution in [3.05, 3.63) is 69.3 Å². The zero-order chi connectivity index (χ0) is 32.7. The van der Waals surface area contributed by atoms with E-state index in [0.29, 0.717) is 65.2 Å². The minimum absolute atomic E-state index is 0.0245. The van der Waals surface area contributed by atoms with E-state index in [-0.39, 0.29) is 17.9 Å². The van der Waals surface area contributed by atoms with Crippen molar-refractivity contribution >= 4 is 11.6 Å². The zero-order valence-corrected chi connectivity index (χ0v) is 27.1. The molecular formula is C33H48N4O9. The van der Waals surface area contributed by atoms with E-state index in [2.05, 4.69) is 57.6 Å². The van der Waals surface area contributed by atoms with E-state index >= 15 is 0 Å². The fourth-order valence-corrected chi connectivity index (χ4v) is 6.01. The number of carbonyl (C=O) groups is 1. The lowest BCUT2D eigenvalue weighted by Crippen LogP contribution is -2.50. The molecule has 1 fully saturated rings. The number of hydrogen-bond acceptors (Lipinski definition) is 11. The van der Waals surface area contributed by atoms with Gasteiger partial charge < -0.3 is 44.1 Å². The molecule has 13 nitrogen and oxygen atoms in total. The standard InChI is InChI=1S/C33H48N4O9/c1-24(19-42-3)20-43-21-25-5-8-27(9-6-25)33-28(17-35-32(38)23-46-37(39)40)16-34-18-31(33)45-22-26-7-10-30-29(15-26)36(12-14-44-30)11-4-13-41-2/h5-10,15,24,28,31,33-34H,4,11-14,16-23H2,1-3H3,(H,35,38)/t24-,28-,31-,33-/m0/s1. The summed E-state index contributed by atoms with van der Waals surface area (Å²) in [5, 5.41) is 15.8. The molecule has 4 atom stereocenters. The van der Waals surface area contributed by atoms with Gasteiger partial charge in [0.2, 0.25) is 5.91 Å². The summed E-state index contributed by atoms with van der Waals surface area (Å²) in [6.07, 6.45) is 0.743. The van der Waals surface area contributed by atoms with Crippen LogP contribution in [0.5, 0.6) is 5.75 Å². The molecule has 46 heavy (non-hydrogen) atoms. The van der Waals surface area contributed by atoms with Crippen LogP contribution in [0.3, 0.4) is 0 Å². The lowest BCUT2D eigenvalue weighted by atomic mass is 9.79. The van der Waals surface area contributed by atoms with Crippen molar-refractivity contribution in [2.75, 3.05) is 84.9 Å². The van der Waals surface area contributed by atoms with Crippen molar-refractivity contribution in [1.82, 2.24) is 10.6 Å². The Hall–Kier alpha value is -3.49. The summed E-state index contributed by atoms with van der Waals surface area (Å²) in [6, 6.07) is 14.5. The molecule has 2 heterocycles. The fraction of sp³-hybridized carbons (Fsp3) is 0.606. The number of anilines is 1. The van der Waals surface area contributed by atoms with E-state index in [9.17, 15) is 14.9 Å². The molecule has 0 saturated carbocycles. The van der Waals surface area contributed by atoms with Gasteiger partial charge in [-0.25, -0.2) is 0 Å². The van der Waals surface area contributed by atoms with Gasteiger partial charge in [-0.3, -0.25) is 4.79 Å². The van der Waals surface area contributed by atoms with Gasteiger partial charge in [-0.2, -0.15) is 0 Å². The molecule has 0 aliphatic carbocycles. The maximum Gasteiger partial charge on any atom is 0.295 e. The second kappa shape index (κ2) is 18.6. The van der Waals surface area contributed by atoms with E-state index in [1.54, 1.807) is 14.2 Å². The third-order valence-electron chi connectivity index (χ3n) is 8.23. The Bertz CT molecular complexity index is 1230. The molecule has 0 spiro atoms. The van der Waals surface area contributed by atoms with Gasteiger partial charge in [0.05, 0.1) is 44.8 Å². The molecule has 4 rings (SSSR count). The number of benzene rings is 2. The van der Waals surface area contributed by atoms with Gasteiger partial charge in [0.25, 0.3) is 5.09 Å². The Labute approximate surface area is 270 Å². The summed E-state index contributed by atoms with van der Waals surface area (Å²) in [6.45, 7) is 8.28. The predicted molar refractivity (Wildman–Crippen MR) is 171 cm³/mol. The van der Waals surface area contributed by atoms with Gasteiger partial charge in [-0.05, 0) is 41.2 Å². The largest absolute Gasteiger partial charge is 0.490 e. The second-order valence-electron chi connectivity index (χ2n) is 11.9. The Morgan fingerprint density at radius 3 is 2.67 bits per heavy atom. The molecule has 2 N–H and O–H groups in total. The van der Waals surface area contributed by atoms with Crippen molar-refractivity contribution in [2.24, 2.45) is 11.8 Å². The van der Waals surface area contributed by atoms with E-state index in [1.807, 2.05) is 12.1 Å². The first-order valence-corrected chi connectivity index (χ1v) is 15.9. The lowest BCUT2D eigenvalue weighted by molar-refractivity contribution is -0.754. The number of nitrogens with zero attached hydrogens (tertiary/aromatic N) is 2. The van der Waals surface area contributed by atoms with Crippen LogP contribution < -0.4 is 20.3 Å². The molecule has 0 bridgehead atoms. The summed E-state index contributed by atoms with van der Waals surface area (Å²) < 4.78 is 28.9. The van der Waals surface area contributed by atoms with Crippen LogP contribution in [0.15, 0.2) is 42.5 Å². The number of hydrogen-bond donors (Lipinski definition) is 2. The summed E-state index contributed by atoms with van der Waals surface area (Å²) in [4.78, 5) is 29.4. The summed E-state index contributed by atoms with van der Waals surface area (Å²) in [5.74, 6) is 0.577. The molecule has 2 aromatic rings. The molecule has 254 valence electrons. The first kappa shape index (κ1) is 35.4. The van der Waals surface area contributed by atoms with Gasteiger partial charge in [0, 0.05) is 58.8 Å². The minimum atomic E-state index is -0.969. The molecule has 2 aromatic carbocycles. The highest BCUT2D eigenvalue weighted by molar-refractivity contribution is 5.77. The van der Waals surface area contributed by atoms with E-state index in [4.69, 9.17) is 23.7 Å². The summed E-state index contributed by atoms with van der Waals surface area (Å²) in [7, 11) is 3.40. The van der Waals surface area contributed by atoms with Crippen LogP contribution in [0.25, 0.3) is 0 Å². The SMILES string of the molecule is COCCCN1CCOc2ccc(CO[C@H]3CNC[C@@H](CNC(=O)CO[N+](=O)[O-])[C@@H]3c3ccc(COC[C@@H](C)COC)cc3)cc21. The quantitative estimate of drug-likeness (QED) is 0.132. The average molecular weight is 645 g/mol. The third-order valence-corrected chi connectivity index (χ3v) is 8.23. The first-order chi connectivity index (χ1) is 22.4. The van der Waals surface area contributed by atoms with E-state index < -0.39 is 17.6 Å². The third kappa shape index (κ3) is 10.8. The van der Waals surface area contributed by atoms with Gasteiger partial charge >= 0.3 is 0 Å². The number of piperidine rings is 1. The highest BCUT2D eigenvalue weighted by Gasteiger charge is 2.35. The van der Waals surface area contributed by atoms with Crippen molar-refractivity contribution in [3.8, 4) is 5.75 Å². The van der Waals surface area contributed by atoms with Gasteiger partial charge in [0.1, 0.15) is 12.4 Å². The Morgan fingerprint density at radius 2 is 1.91 bits per heavy atom. The molecule has 1 amide bonds. The predicted octanol–water partition coefficient (Wildman–Crippen LogP) is 2.93. The number of nitrogens with one attached hydrogen (secondary N) is 2. The smallest absolute Gasteiger partial charge is 0.295 e. The number of methoxy groups -OCH3 is 2. The Balaban J connectivity index is 1.45. The van der Waals surface area contributed by atoms with Gasteiger partial charge in [-0.1, -0.05) is 37.3 Å². The lowest BCUT2D eigenvalue weighted by Gasteiger charge is -2.39. The van der Waals surface area contributed by atoms with Crippen LogP contribution in [0.4, 0.5) is 5.69 Å². The Morgan fingerprint density at radius 1 is 1.11 bits per heavy atom. The zero-order valence-electron chi connectivity index (χ0n) is 27.1. The molecule has 2 aliphatic heterocycles. The second-order valence-corrected chi connectivity index (χ2v) is 11.9. The topological polar surface area (TPSA) is 143 Å². The average Bonchev–Trinajstić information content (AvgIpc) is 3.06. The number of ether oxygens (including phenoxy) is 5. The van der Waals surface area contributed by atoms with Crippen molar-refractivity contribution in [3.63, 3.8) is 0 Å². The van der Waals surface area contributed by atoms with E-state index in [0.717, 1.165) is 47.6 Å². The number of rotatable bonds is 19. The fourth-order valence-electron chi connectivity index (χ4n) is 6.01. The number of amides is 1. The minimum Gasteiger partial charge on any atom is -0.490 e. The van der Waals surface area contributed by atoms with Crippen molar-refractivity contribution < 1.29 is 38.4 Å². The van der Waals surface area contributed by atoms with Crippen LogP contribution in [0, 0.1) is 22.0 Å². The molecule has 13 heteroatoms. The monoisotopic (exact) mass is 644 g/mol. The molecule has 0 radical (unpaired) electrons. The summed E-state index contributed by atoms with van der Waals surface area (Å²) in [5.41, 5.74) is 4.26. The molecule has 1 saturated heterocycles. The first-order valence-electron chi connectivity index (χ1n) is 15.9. The van der Waals surface area contributed by atoms with Crippen LogP contribution in [0.2, 0.25) is 0 Å². The van der Waals surface area contributed by atoms with Gasteiger partial charge in [-0.15, -0.1) is 10.1 Å². The van der Waals surface area contributed by atoms with Gasteiger partial charge in [0.15, 0.2) is 6.61 Å². The molecule has 0 aromatic heterocycles. The highest BCUT2D eigenvalue weighted by atomic mass is 16.9. The molecular weight excluding hydrogens is 596 g/mol. The van der Waals surface area contributed by atoms with Crippen molar-refractivity contribution in [1.29, 1.82) is 0 Å². The van der Waals surface area contributed by atoms with Crippen molar-refractivity contribution in [2.45, 2.75) is 38.6 Å².